The molecule has 24 heavy (non-hydrogen) atoms. The Morgan fingerprint density at radius 3 is 2.50 bits per heavy atom. The summed E-state index contributed by atoms with van der Waals surface area (Å²) in [4.78, 5) is -0.170. The Labute approximate surface area is 138 Å². The van der Waals surface area contributed by atoms with E-state index < -0.39 is 22.3 Å². The number of halogens is 1. The average Bonchev–Trinajstić information content (AvgIpc) is 3.08. The van der Waals surface area contributed by atoms with Crippen LogP contribution in [0.2, 0.25) is 0 Å². The lowest BCUT2D eigenvalue weighted by molar-refractivity contribution is 0.278. The fourth-order valence-corrected chi connectivity index (χ4v) is 3.89. The van der Waals surface area contributed by atoms with Gasteiger partial charge in [0.05, 0.1) is 22.9 Å². The Balaban J connectivity index is 1.94. The second-order valence-electron chi connectivity index (χ2n) is 5.26. The first-order chi connectivity index (χ1) is 11.5. The summed E-state index contributed by atoms with van der Waals surface area (Å²) in [5.41, 5.74) is 1.05. The minimum atomic E-state index is -3.91. The van der Waals surface area contributed by atoms with Crippen LogP contribution in [0.5, 0.6) is 0 Å². The largest absolute Gasteiger partial charge is 0.392 e. The van der Waals surface area contributed by atoms with Gasteiger partial charge < -0.3 is 5.11 Å². The van der Waals surface area contributed by atoms with Crippen molar-refractivity contribution in [1.82, 2.24) is 9.78 Å². The highest BCUT2D eigenvalue weighted by Gasteiger charge is 2.21. The smallest absolute Gasteiger partial charge is 0.207 e. The molecule has 1 aromatic heterocycles. The zero-order chi connectivity index (χ0) is 17.2. The van der Waals surface area contributed by atoms with E-state index in [1.165, 1.54) is 18.2 Å². The van der Waals surface area contributed by atoms with E-state index in [-0.39, 0.29) is 15.4 Å². The van der Waals surface area contributed by atoms with Crippen LogP contribution in [0.25, 0.3) is 0 Å². The summed E-state index contributed by atoms with van der Waals surface area (Å²) in [7, 11) is -3.91. The topological polar surface area (TPSA) is 72.2 Å². The molecule has 0 bridgehead atoms. The second kappa shape index (κ2) is 6.54. The first-order valence-corrected chi connectivity index (χ1v) is 8.70. The standard InChI is InChI=1S/C17H15FN2O3S/c18-15-5-4-14(12-21)17(10-15)24(22,23)16-6-2-13(3-7-16)11-20-9-1-8-19-20/h1-10,21H,11-12H2. The lowest BCUT2D eigenvalue weighted by Crippen LogP contribution is -2.07. The van der Waals surface area contributed by atoms with E-state index in [0.717, 1.165) is 17.7 Å². The third-order valence-corrected chi connectivity index (χ3v) is 5.48. The van der Waals surface area contributed by atoms with Gasteiger partial charge in [0.2, 0.25) is 9.84 Å². The first kappa shape index (κ1) is 16.4. The molecule has 0 saturated heterocycles. The Morgan fingerprint density at radius 1 is 1.12 bits per heavy atom. The third kappa shape index (κ3) is 3.22. The van der Waals surface area contributed by atoms with E-state index in [0.29, 0.717) is 6.54 Å². The van der Waals surface area contributed by atoms with Gasteiger partial charge in [0.1, 0.15) is 5.82 Å². The Morgan fingerprint density at radius 2 is 1.88 bits per heavy atom. The Bertz CT molecular complexity index is 936. The third-order valence-electron chi connectivity index (χ3n) is 3.63. The molecule has 0 atom stereocenters. The van der Waals surface area contributed by atoms with Gasteiger partial charge >= 0.3 is 0 Å². The van der Waals surface area contributed by atoms with Crippen molar-refractivity contribution in [3.8, 4) is 0 Å². The van der Waals surface area contributed by atoms with Crippen LogP contribution in [-0.2, 0) is 23.0 Å². The van der Waals surface area contributed by atoms with Gasteiger partial charge in [0.25, 0.3) is 0 Å². The molecule has 124 valence electrons. The molecule has 0 radical (unpaired) electrons. The molecule has 7 heteroatoms. The molecule has 0 unspecified atom stereocenters. The van der Waals surface area contributed by atoms with Gasteiger partial charge in [-0.3, -0.25) is 4.68 Å². The Hall–Kier alpha value is -2.51. The summed E-state index contributed by atoms with van der Waals surface area (Å²) in [6.45, 7) is 0.0431. The zero-order valence-corrected chi connectivity index (χ0v) is 13.4. The number of nitrogens with zero attached hydrogens (tertiary/aromatic N) is 2. The molecule has 0 aliphatic heterocycles. The minimum absolute atomic E-state index is 0.0482. The molecule has 0 amide bonds. The molecule has 0 saturated carbocycles. The van der Waals surface area contributed by atoms with Crippen LogP contribution in [0.15, 0.2) is 70.7 Å². The van der Waals surface area contributed by atoms with Crippen LogP contribution >= 0.6 is 0 Å². The van der Waals surface area contributed by atoms with Crippen LogP contribution in [0.1, 0.15) is 11.1 Å². The van der Waals surface area contributed by atoms with Crippen LogP contribution in [-0.4, -0.2) is 23.3 Å². The molecular formula is C17H15FN2O3S. The molecule has 3 rings (SSSR count). The molecule has 5 nitrogen and oxygen atoms in total. The maximum atomic E-state index is 13.4. The number of hydrogen-bond donors (Lipinski definition) is 1. The predicted octanol–water partition coefficient (Wildman–Crippen LogP) is 2.40. The molecule has 0 aliphatic rings. The van der Waals surface area contributed by atoms with Gasteiger partial charge in [0, 0.05) is 12.4 Å². The number of sulfone groups is 1. The molecule has 1 heterocycles. The minimum Gasteiger partial charge on any atom is -0.392 e. The predicted molar refractivity (Wildman–Crippen MR) is 85.5 cm³/mol. The summed E-state index contributed by atoms with van der Waals surface area (Å²) in [6, 6.07) is 11.4. The normalized spacial score (nSPS) is 11.6. The van der Waals surface area contributed by atoms with Crippen molar-refractivity contribution in [3.63, 3.8) is 0 Å². The van der Waals surface area contributed by atoms with Gasteiger partial charge in [-0.25, -0.2) is 12.8 Å². The van der Waals surface area contributed by atoms with E-state index in [2.05, 4.69) is 5.10 Å². The van der Waals surface area contributed by atoms with Crippen molar-refractivity contribution in [1.29, 1.82) is 0 Å². The Kier molecular flexibility index (Phi) is 4.46. The van der Waals surface area contributed by atoms with E-state index in [4.69, 9.17) is 0 Å². The fraction of sp³-hybridized carbons (Fsp3) is 0.118. The number of rotatable bonds is 5. The summed E-state index contributed by atoms with van der Waals surface area (Å²) in [5.74, 6) is -0.666. The van der Waals surface area contributed by atoms with E-state index in [1.807, 2.05) is 6.20 Å². The van der Waals surface area contributed by atoms with Crippen molar-refractivity contribution in [2.75, 3.05) is 0 Å². The number of aliphatic hydroxyl groups is 1. The highest BCUT2D eigenvalue weighted by molar-refractivity contribution is 7.91. The molecule has 3 aromatic rings. The summed E-state index contributed by atoms with van der Waals surface area (Å²) < 4.78 is 40.6. The maximum absolute atomic E-state index is 13.4. The van der Waals surface area contributed by atoms with Crippen molar-refractivity contribution >= 4 is 9.84 Å². The first-order valence-electron chi connectivity index (χ1n) is 7.21. The number of hydrogen-bond acceptors (Lipinski definition) is 4. The van der Waals surface area contributed by atoms with Crippen LogP contribution in [0, 0.1) is 5.82 Å². The quantitative estimate of drug-likeness (QED) is 0.770. The van der Waals surface area contributed by atoms with Gasteiger partial charge in [-0.1, -0.05) is 18.2 Å². The zero-order valence-electron chi connectivity index (χ0n) is 12.6. The second-order valence-corrected chi connectivity index (χ2v) is 7.18. The van der Waals surface area contributed by atoms with E-state index in [1.54, 1.807) is 29.1 Å². The molecule has 0 aliphatic carbocycles. The van der Waals surface area contributed by atoms with Gasteiger partial charge in [0.15, 0.2) is 0 Å². The fourth-order valence-electron chi connectivity index (χ4n) is 2.39. The maximum Gasteiger partial charge on any atom is 0.207 e. The van der Waals surface area contributed by atoms with Crippen molar-refractivity contribution in [3.05, 3.63) is 77.9 Å². The SMILES string of the molecule is O=S(=O)(c1ccc(Cn2cccn2)cc1)c1cc(F)ccc1CO. The van der Waals surface area contributed by atoms with Crippen molar-refractivity contribution in [2.45, 2.75) is 22.9 Å². The van der Waals surface area contributed by atoms with Gasteiger partial charge in [-0.2, -0.15) is 5.10 Å². The van der Waals surface area contributed by atoms with E-state index in [9.17, 15) is 17.9 Å². The van der Waals surface area contributed by atoms with Gasteiger partial charge in [-0.05, 0) is 41.5 Å². The number of aliphatic hydroxyl groups excluding tert-OH is 1. The van der Waals surface area contributed by atoms with Gasteiger partial charge in [-0.15, -0.1) is 0 Å². The highest BCUT2D eigenvalue weighted by atomic mass is 32.2. The molecule has 1 N–H and O–H groups in total. The molecular weight excluding hydrogens is 331 g/mol. The average molecular weight is 346 g/mol. The molecule has 0 spiro atoms. The van der Waals surface area contributed by atoms with Crippen molar-refractivity contribution in [2.24, 2.45) is 0 Å². The lowest BCUT2D eigenvalue weighted by Gasteiger charge is -2.10. The molecule has 0 fully saturated rings. The number of aromatic nitrogens is 2. The summed E-state index contributed by atoms with van der Waals surface area (Å²) in [5, 5.41) is 13.4. The monoisotopic (exact) mass is 346 g/mol. The lowest BCUT2D eigenvalue weighted by atomic mass is 10.2. The van der Waals surface area contributed by atoms with Crippen LogP contribution in [0.4, 0.5) is 4.39 Å². The van der Waals surface area contributed by atoms with E-state index >= 15 is 0 Å². The summed E-state index contributed by atoms with van der Waals surface area (Å²) in [6.07, 6.45) is 3.48. The van der Waals surface area contributed by atoms with Crippen molar-refractivity contribution < 1.29 is 17.9 Å². The summed E-state index contributed by atoms with van der Waals surface area (Å²) >= 11 is 0. The highest BCUT2D eigenvalue weighted by Crippen LogP contribution is 2.25. The number of benzene rings is 2. The molecule has 2 aromatic carbocycles. The van der Waals surface area contributed by atoms with Crippen LogP contribution < -0.4 is 0 Å². The van der Waals surface area contributed by atoms with Crippen LogP contribution in [0.3, 0.4) is 0 Å².